The number of isocyanates is 1. The van der Waals surface area contributed by atoms with Crippen molar-refractivity contribution >= 4 is 38.7 Å². The number of aromatic amines is 1. The van der Waals surface area contributed by atoms with Gasteiger partial charge < -0.3 is 0 Å². The Morgan fingerprint density at radius 3 is 3.15 bits per heavy atom. The highest BCUT2D eigenvalue weighted by Gasteiger charge is 2.03. The summed E-state index contributed by atoms with van der Waals surface area (Å²) in [7, 11) is 0. The molecule has 1 heterocycles. The fourth-order valence-corrected chi connectivity index (χ4v) is 1.45. The second kappa shape index (κ2) is 3.12. The van der Waals surface area contributed by atoms with E-state index < -0.39 is 0 Å². The van der Waals surface area contributed by atoms with Gasteiger partial charge in [0.15, 0.2) is 5.82 Å². The number of rotatable bonds is 1. The Hall–Kier alpha value is -1.45. The van der Waals surface area contributed by atoms with Crippen molar-refractivity contribution in [3.63, 3.8) is 0 Å². The van der Waals surface area contributed by atoms with Crippen LogP contribution in [-0.4, -0.2) is 16.3 Å². The first kappa shape index (κ1) is 8.16. The van der Waals surface area contributed by atoms with Crippen LogP contribution in [0.2, 0.25) is 0 Å². The third-order valence-electron chi connectivity index (χ3n) is 1.65. The van der Waals surface area contributed by atoms with Gasteiger partial charge in [-0.3, -0.25) is 5.10 Å². The molecule has 13 heavy (non-hydrogen) atoms. The molecule has 0 saturated carbocycles. The van der Waals surface area contributed by atoms with Gasteiger partial charge in [0.2, 0.25) is 6.08 Å². The van der Waals surface area contributed by atoms with Gasteiger partial charge in [0.1, 0.15) is 0 Å². The molecule has 0 saturated heterocycles. The van der Waals surface area contributed by atoms with E-state index in [2.05, 4.69) is 31.1 Å². The smallest absolute Gasteiger partial charge is 0.242 e. The van der Waals surface area contributed by atoms with Crippen LogP contribution < -0.4 is 0 Å². The lowest BCUT2D eigenvalue weighted by molar-refractivity contribution is 0.565. The molecule has 5 heteroatoms. The summed E-state index contributed by atoms with van der Waals surface area (Å²) in [4.78, 5) is 13.5. The third kappa shape index (κ3) is 1.39. The molecular formula is C8H4BrN3O. The number of hydrogen-bond donors (Lipinski definition) is 1. The minimum Gasteiger partial charge on any atom is -0.259 e. The van der Waals surface area contributed by atoms with Crippen LogP contribution in [0.5, 0.6) is 0 Å². The van der Waals surface area contributed by atoms with Gasteiger partial charge in [0.05, 0.1) is 5.52 Å². The standard InChI is InChI=1S/C8H4BrN3O/c9-5-1-2-6-7(3-5)11-12-8(6)10-4-13/h1-3H,(H,11,12). The molecule has 0 aliphatic heterocycles. The van der Waals surface area contributed by atoms with Crippen LogP contribution in [0, 0.1) is 0 Å². The predicted molar refractivity (Wildman–Crippen MR) is 51.6 cm³/mol. The highest BCUT2D eigenvalue weighted by atomic mass is 79.9. The quantitative estimate of drug-likeness (QED) is 0.612. The van der Waals surface area contributed by atoms with Crippen molar-refractivity contribution < 1.29 is 4.79 Å². The molecule has 4 nitrogen and oxygen atoms in total. The monoisotopic (exact) mass is 237 g/mol. The van der Waals surface area contributed by atoms with Gasteiger partial charge in [-0.15, -0.1) is 4.99 Å². The van der Waals surface area contributed by atoms with Crippen molar-refractivity contribution in [1.29, 1.82) is 0 Å². The fraction of sp³-hybridized carbons (Fsp3) is 0. The Labute approximate surface area is 81.8 Å². The van der Waals surface area contributed by atoms with Gasteiger partial charge in [-0.05, 0) is 18.2 Å². The molecule has 0 bridgehead atoms. The van der Waals surface area contributed by atoms with Crippen molar-refractivity contribution in [3.8, 4) is 0 Å². The summed E-state index contributed by atoms with van der Waals surface area (Å²) in [6.07, 6.45) is 1.47. The first-order valence-electron chi connectivity index (χ1n) is 3.53. The molecule has 2 aromatic rings. The van der Waals surface area contributed by atoms with Crippen LogP contribution in [0.25, 0.3) is 10.9 Å². The molecule has 0 fully saturated rings. The highest BCUT2D eigenvalue weighted by Crippen LogP contribution is 2.24. The van der Waals surface area contributed by atoms with Crippen molar-refractivity contribution in [2.24, 2.45) is 4.99 Å². The maximum absolute atomic E-state index is 10.0. The molecule has 0 spiro atoms. The number of benzene rings is 1. The van der Waals surface area contributed by atoms with Crippen LogP contribution in [0.4, 0.5) is 5.82 Å². The van der Waals surface area contributed by atoms with Crippen molar-refractivity contribution in [1.82, 2.24) is 10.2 Å². The van der Waals surface area contributed by atoms with E-state index in [1.165, 1.54) is 6.08 Å². The number of nitrogens with zero attached hydrogens (tertiary/aromatic N) is 2. The first-order chi connectivity index (χ1) is 6.31. The lowest BCUT2D eigenvalue weighted by Crippen LogP contribution is -1.67. The molecular weight excluding hydrogens is 234 g/mol. The summed E-state index contributed by atoms with van der Waals surface area (Å²) in [5.41, 5.74) is 0.767. The van der Waals surface area contributed by atoms with Crippen LogP contribution in [0.15, 0.2) is 27.7 Å². The Kier molecular flexibility index (Phi) is 1.96. The normalized spacial score (nSPS) is 9.92. The number of halogens is 1. The number of aliphatic imine (C=N–C) groups is 1. The summed E-state index contributed by atoms with van der Waals surface area (Å²) in [5, 5.41) is 7.42. The van der Waals surface area contributed by atoms with Crippen LogP contribution >= 0.6 is 15.9 Å². The number of fused-ring (bicyclic) bond motifs is 1. The van der Waals surface area contributed by atoms with Gasteiger partial charge in [0, 0.05) is 9.86 Å². The lowest BCUT2D eigenvalue weighted by Gasteiger charge is -1.88. The van der Waals surface area contributed by atoms with Gasteiger partial charge in [0.25, 0.3) is 0 Å². The third-order valence-corrected chi connectivity index (χ3v) is 2.15. The van der Waals surface area contributed by atoms with E-state index in [9.17, 15) is 4.79 Å². The largest absolute Gasteiger partial charge is 0.259 e. The average Bonchev–Trinajstić information content (AvgIpc) is 2.49. The molecule has 1 aromatic heterocycles. The number of nitrogens with one attached hydrogen (secondary N) is 1. The first-order valence-corrected chi connectivity index (χ1v) is 4.32. The second-order valence-electron chi connectivity index (χ2n) is 2.44. The zero-order valence-electron chi connectivity index (χ0n) is 6.41. The van der Waals surface area contributed by atoms with E-state index in [0.717, 1.165) is 15.4 Å². The zero-order valence-corrected chi connectivity index (χ0v) is 8.00. The summed E-state index contributed by atoms with van der Waals surface area (Å²) in [5.74, 6) is 0.442. The van der Waals surface area contributed by atoms with E-state index in [0.29, 0.717) is 5.82 Å². The highest BCUT2D eigenvalue weighted by molar-refractivity contribution is 9.10. The summed E-state index contributed by atoms with van der Waals surface area (Å²) < 4.78 is 0.938. The number of H-pyrrole nitrogens is 1. The Bertz CT molecular complexity index is 499. The number of carbonyl (C=O) groups excluding carboxylic acids is 1. The topological polar surface area (TPSA) is 58.1 Å². The van der Waals surface area contributed by atoms with Gasteiger partial charge in [-0.2, -0.15) is 5.10 Å². The maximum atomic E-state index is 10.0. The Morgan fingerprint density at radius 1 is 1.54 bits per heavy atom. The zero-order chi connectivity index (χ0) is 9.26. The molecule has 2 rings (SSSR count). The minimum atomic E-state index is 0.442. The van der Waals surface area contributed by atoms with Crippen LogP contribution in [0.3, 0.4) is 0 Å². The molecule has 0 atom stereocenters. The van der Waals surface area contributed by atoms with Crippen LogP contribution in [0.1, 0.15) is 0 Å². The Morgan fingerprint density at radius 2 is 2.38 bits per heavy atom. The summed E-state index contributed by atoms with van der Waals surface area (Å²) in [6, 6.07) is 5.54. The number of hydrogen-bond acceptors (Lipinski definition) is 3. The van der Waals surface area contributed by atoms with Crippen molar-refractivity contribution in [2.45, 2.75) is 0 Å². The molecule has 0 radical (unpaired) electrons. The van der Waals surface area contributed by atoms with Gasteiger partial charge in [-0.25, -0.2) is 4.79 Å². The SMILES string of the molecule is O=C=Nc1[nH]nc2cc(Br)ccc12. The van der Waals surface area contributed by atoms with E-state index in [-0.39, 0.29) is 0 Å². The van der Waals surface area contributed by atoms with Crippen molar-refractivity contribution in [3.05, 3.63) is 22.7 Å². The lowest BCUT2D eigenvalue weighted by atomic mass is 10.2. The maximum Gasteiger partial charge on any atom is 0.242 e. The fourth-order valence-electron chi connectivity index (χ4n) is 1.10. The predicted octanol–water partition coefficient (Wildman–Crippen LogP) is 2.29. The van der Waals surface area contributed by atoms with Crippen molar-refractivity contribution in [2.75, 3.05) is 0 Å². The van der Waals surface area contributed by atoms with Crippen LogP contribution in [-0.2, 0) is 4.79 Å². The minimum absolute atomic E-state index is 0.442. The second-order valence-corrected chi connectivity index (χ2v) is 3.35. The summed E-state index contributed by atoms with van der Waals surface area (Å²) in [6.45, 7) is 0. The number of aromatic nitrogens is 2. The molecule has 0 aliphatic rings. The molecule has 0 unspecified atom stereocenters. The van der Waals surface area contributed by atoms with E-state index in [1.54, 1.807) is 0 Å². The van der Waals surface area contributed by atoms with E-state index >= 15 is 0 Å². The molecule has 0 amide bonds. The molecule has 1 N–H and O–H groups in total. The molecule has 64 valence electrons. The molecule has 1 aromatic carbocycles. The van der Waals surface area contributed by atoms with Gasteiger partial charge >= 0.3 is 0 Å². The van der Waals surface area contributed by atoms with Gasteiger partial charge in [-0.1, -0.05) is 15.9 Å². The van der Waals surface area contributed by atoms with E-state index in [1.807, 2.05) is 18.2 Å². The summed E-state index contributed by atoms with van der Waals surface area (Å²) >= 11 is 3.32. The average molecular weight is 238 g/mol. The molecule has 0 aliphatic carbocycles. The Balaban J connectivity index is 2.75. The van der Waals surface area contributed by atoms with E-state index in [4.69, 9.17) is 0 Å².